The molecule has 1 atom stereocenters. The Labute approximate surface area is 134 Å². The fraction of sp³-hybridized carbons (Fsp3) is 0.438. The van der Waals surface area contributed by atoms with Crippen LogP contribution in [-0.4, -0.2) is 40.6 Å². The predicted octanol–water partition coefficient (Wildman–Crippen LogP) is 2.00. The topological polar surface area (TPSA) is 85.2 Å². The quantitative estimate of drug-likeness (QED) is 0.843. The molecule has 0 aliphatic rings. The van der Waals surface area contributed by atoms with Crippen molar-refractivity contribution in [2.24, 2.45) is 5.73 Å². The molecule has 1 aromatic heterocycles. The van der Waals surface area contributed by atoms with Gasteiger partial charge in [0.15, 0.2) is 0 Å². The Balaban J connectivity index is 1.85. The largest absolute Gasteiger partial charge is 0.342 e. The third-order valence-corrected chi connectivity index (χ3v) is 3.75. The van der Waals surface area contributed by atoms with Crippen molar-refractivity contribution in [1.29, 1.82) is 0 Å². The van der Waals surface area contributed by atoms with Crippen molar-refractivity contribution in [2.75, 3.05) is 13.6 Å². The second-order valence-corrected chi connectivity index (χ2v) is 5.46. The number of rotatable bonds is 7. The van der Waals surface area contributed by atoms with Gasteiger partial charge in [0, 0.05) is 38.0 Å². The predicted molar refractivity (Wildman–Crippen MR) is 83.9 cm³/mol. The minimum Gasteiger partial charge on any atom is -0.342 e. The van der Waals surface area contributed by atoms with E-state index < -0.39 is 0 Å². The van der Waals surface area contributed by atoms with Crippen LogP contribution in [0.5, 0.6) is 0 Å². The Morgan fingerprint density at radius 2 is 2.09 bits per heavy atom. The molecule has 0 saturated carbocycles. The summed E-state index contributed by atoms with van der Waals surface area (Å²) in [5.74, 6) is 0.611. The number of hydrogen-bond donors (Lipinski definition) is 1. The van der Waals surface area contributed by atoms with E-state index in [1.807, 2.05) is 6.92 Å². The van der Waals surface area contributed by atoms with E-state index in [0.717, 1.165) is 0 Å². The van der Waals surface area contributed by atoms with Crippen molar-refractivity contribution in [3.63, 3.8) is 0 Å². The maximum Gasteiger partial charge on any atom is 0.226 e. The van der Waals surface area contributed by atoms with Gasteiger partial charge in [-0.1, -0.05) is 5.16 Å². The summed E-state index contributed by atoms with van der Waals surface area (Å²) < 4.78 is 18.0. The molecule has 1 heterocycles. The Morgan fingerprint density at radius 3 is 2.74 bits per heavy atom. The Kier molecular flexibility index (Phi) is 5.81. The van der Waals surface area contributed by atoms with Gasteiger partial charge in [0.05, 0.1) is 0 Å². The highest BCUT2D eigenvalue weighted by Gasteiger charge is 2.15. The number of aryl methyl sites for hydroxylation is 1. The molecule has 1 aromatic carbocycles. The number of nitrogens with zero attached hydrogens (tertiary/aromatic N) is 3. The molecule has 0 saturated heterocycles. The van der Waals surface area contributed by atoms with Crippen LogP contribution in [0.15, 0.2) is 28.8 Å². The van der Waals surface area contributed by atoms with E-state index in [2.05, 4.69) is 10.1 Å². The van der Waals surface area contributed by atoms with Gasteiger partial charge in [0.1, 0.15) is 5.82 Å². The molecule has 0 fully saturated rings. The zero-order valence-electron chi connectivity index (χ0n) is 13.3. The van der Waals surface area contributed by atoms with Gasteiger partial charge in [0.25, 0.3) is 0 Å². The molecule has 0 radical (unpaired) electrons. The Hall–Kier alpha value is -2.28. The normalized spacial score (nSPS) is 12.2. The molecule has 1 unspecified atom stereocenters. The van der Waals surface area contributed by atoms with Crippen LogP contribution in [0.1, 0.15) is 25.7 Å². The number of nitrogens with two attached hydrogens (primary N) is 1. The van der Waals surface area contributed by atoms with Gasteiger partial charge in [-0.15, -0.1) is 0 Å². The van der Waals surface area contributed by atoms with E-state index in [0.29, 0.717) is 43.1 Å². The molecule has 6 nitrogen and oxygen atoms in total. The van der Waals surface area contributed by atoms with Gasteiger partial charge in [0.2, 0.25) is 17.6 Å². The van der Waals surface area contributed by atoms with Gasteiger partial charge < -0.3 is 15.2 Å². The first kappa shape index (κ1) is 17.1. The summed E-state index contributed by atoms with van der Waals surface area (Å²) in [4.78, 5) is 17.9. The van der Waals surface area contributed by atoms with Crippen LogP contribution < -0.4 is 5.73 Å². The zero-order valence-corrected chi connectivity index (χ0v) is 13.3. The average molecular weight is 320 g/mol. The summed E-state index contributed by atoms with van der Waals surface area (Å²) in [7, 11) is 1.75. The standard InChI is InChI=1S/C16H21FN4O2/c1-11(10-18)21(2)15(22)5-3-4-14-19-16(20-23-14)12-6-8-13(17)9-7-12/h6-9,11H,3-5,10,18H2,1-2H3. The molecule has 2 rings (SSSR count). The van der Waals surface area contributed by atoms with Crippen LogP contribution in [0, 0.1) is 5.82 Å². The van der Waals surface area contributed by atoms with Crippen LogP contribution in [0.25, 0.3) is 11.4 Å². The van der Waals surface area contributed by atoms with Crippen molar-refractivity contribution < 1.29 is 13.7 Å². The van der Waals surface area contributed by atoms with E-state index in [9.17, 15) is 9.18 Å². The lowest BCUT2D eigenvalue weighted by molar-refractivity contribution is -0.131. The molecule has 0 aliphatic carbocycles. The van der Waals surface area contributed by atoms with Crippen molar-refractivity contribution in [1.82, 2.24) is 15.0 Å². The third kappa shape index (κ3) is 4.59. The van der Waals surface area contributed by atoms with Gasteiger partial charge >= 0.3 is 0 Å². The summed E-state index contributed by atoms with van der Waals surface area (Å²) in [5.41, 5.74) is 6.24. The summed E-state index contributed by atoms with van der Waals surface area (Å²) in [6.45, 7) is 2.35. The minimum absolute atomic E-state index is 0.0241. The van der Waals surface area contributed by atoms with Gasteiger partial charge in [-0.3, -0.25) is 4.79 Å². The number of halogens is 1. The highest BCUT2D eigenvalue weighted by atomic mass is 19.1. The van der Waals surface area contributed by atoms with E-state index in [-0.39, 0.29) is 17.8 Å². The first-order valence-electron chi connectivity index (χ1n) is 7.55. The molecule has 0 spiro atoms. The maximum absolute atomic E-state index is 12.9. The van der Waals surface area contributed by atoms with Crippen molar-refractivity contribution >= 4 is 5.91 Å². The summed E-state index contributed by atoms with van der Waals surface area (Å²) >= 11 is 0. The molecule has 23 heavy (non-hydrogen) atoms. The lowest BCUT2D eigenvalue weighted by Gasteiger charge is -2.23. The van der Waals surface area contributed by atoms with E-state index in [4.69, 9.17) is 10.3 Å². The molecule has 7 heteroatoms. The Bertz CT molecular complexity index is 642. The molecular formula is C16H21FN4O2. The molecule has 0 bridgehead atoms. The van der Waals surface area contributed by atoms with Crippen LogP contribution in [0.2, 0.25) is 0 Å². The number of aromatic nitrogens is 2. The molecule has 2 aromatic rings. The minimum atomic E-state index is -0.313. The van der Waals surface area contributed by atoms with Crippen LogP contribution in [0.4, 0.5) is 4.39 Å². The number of hydrogen-bond acceptors (Lipinski definition) is 5. The fourth-order valence-electron chi connectivity index (χ4n) is 2.04. The molecule has 124 valence electrons. The molecule has 0 aliphatic heterocycles. The number of carbonyl (C=O) groups excluding carboxylic acids is 1. The average Bonchev–Trinajstić information content (AvgIpc) is 3.02. The Morgan fingerprint density at radius 1 is 1.39 bits per heavy atom. The smallest absolute Gasteiger partial charge is 0.226 e. The maximum atomic E-state index is 12.9. The fourth-order valence-corrected chi connectivity index (χ4v) is 2.04. The van der Waals surface area contributed by atoms with E-state index in [1.54, 1.807) is 24.1 Å². The number of amides is 1. The van der Waals surface area contributed by atoms with Gasteiger partial charge in [-0.25, -0.2) is 4.39 Å². The highest BCUT2D eigenvalue weighted by Crippen LogP contribution is 2.17. The number of carbonyl (C=O) groups is 1. The SMILES string of the molecule is CC(CN)N(C)C(=O)CCCc1nc(-c2ccc(F)cc2)no1. The first-order valence-corrected chi connectivity index (χ1v) is 7.55. The van der Waals surface area contributed by atoms with Crippen LogP contribution in [0.3, 0.4) is 0 Å². The monoisotopic (exact) mass is 320 g/mol. The van der Waals surface area contributed by atoms with Gasteiger partial charge in [-0.2, -0.15) is 4.98 Å². The number of benzene rings is 1. The van der Waals surface area contributed by atoms with E-state index in [1.165, 1.54) is 12.1 Å². The van der Waals surface area contributed by atoms with Crippen LogP contribution in [-0.2, 0) is 11.2 Å². The summed E-state index contributed by atoms with van der Waals surface area (Å²) in [5, 5.41) is 3.87. The third-order valence-electron chi connectivity index (χ3n) is 3.75. The summed E-state index contributed by atoms with van der Waals surface area (Å²) in [6, 6.07) is 5.90. The lowest BCUT2D eigenvalue weighted by atomic mass is 10.2. The molecule has 2 N–H and O–H groups in total. The summed E-state index contributed by atoms with van der Waals surface area (Å²) in [6.07, 6.45) is 1.53. The highest BCUT2D eigenvalue weighted by molar-refractivity contribution is 5.76. The molecule has 1 amide bonds. The van der Waals surface area contributed by atoms with Crippen molar-refractivity contribution in [2.45, 2.75) is 32.2 Å². The van der Waals surface area contributed by atoms with Crippen molar-refractivity contribution in [3.05, 3.63) is 36.0 Å². The zero-order chi connectivity index (χ0) is 16.8. The lowest BCUT2D eigenvalue weighted by Crippen LogP contribution is -2.39. The van der Waals surface area contributed by atoms with Crippen LogP contribution >= 0.6 is 0 Å². The first-order chi connectivity index (χ1) is 11.0. The number of likely N-dealkylation sites (N-methyl/N-ethyl adjacent to an activating group) is 1. The second-order valence-electron chi connectivity index (χ2n) is 5.46. The van der Waals surface area contributed by atoms with E-state index >= 15 is 0 Å². The van der Waals surface area contributed by atoms with Crippen molar-refractivity contribution in [3.8, 4) is 11.4 Å². The molecular weight excluding hydrogens is 299 g/mol. The van der Waals surface area contributed by atoms with Gasteiger partial charge in [-0.05, 0) is 37.6 Å². The second kappa shape index (κ2) is 7.82.